The maximum atomic E-state index is 11.8. The molecule has 1 unspecified atom stereocenters. The summed E-state index contributed by atoms with van der Waals surface area (Å²) < 4.78 is 32.4. The third kappa shape index (κ3) is 10.4. The Labute approximate surface area is 201 Å². The summed E-state index contributed by atoms with van der Waals surface area (Å²) in [5.74, 6) is -3.87. The van der Waals surface area contributed by atoms with Gasteiger partial charge in [-0.2, -0.15) is 8.42 Å². The van der Waals surface area contributed by atoms with Crippen molar-refractivity contribution in [3.63, 3.8) is 0 Å². The zero-order valence-corrected chi connectivity index (χ0v) is 21.3. The van der Waals surface area contributed by atoms with Gasteiger partial charge in [0, 0.05) is 11.4 Å². The molecule has 0 bridgehead atoms. The molecule has 0 aliphatic heterocycles. The van der Waals surface area contributed by atoms with Gasteiger partial charge in [-0.25, -0.2) is 0 Å². The Hall–Kier alpha value is 0.850. The molecule has 0 aromatic carbocycles. The fourth-order valence-corrected chi connectivity index (χ4v) is 4.21. The fourth-order valence-electron chi connectivity index (χ4n) is 3.07. The van der Waals surface area contributed by atoms with Crippen LogP contribution in [0.5, 0.6) is 0 Å². The van der Waals surface area contributed by atoms with Crippen molar-refractivity contribution < 1.29 is 91.9 Å². The van der Waals surface area contributed by atoms with Crippen LogP contribution in [-0.4, -0.2) is 30.2 Å². The van der Waals surface area contributed by atoms with Crippen LogP contribution in [0.4, 0.5) is 0 Å². The van der Waals surface area contributed by atoms with Gasteiger partial charge in [0.2, 0.25) is 0 Å². The van der Waals surface area contributed by atoms with Gasteiger partial charge in [-0.3, -0.25) is 4.55 Å². The first-order valence-corrected chi connectivity index (χ1v) is 10.0. The molecule has 7 nitrogen and oxygen atoms in total. The minimum absolute atomic E-state index is 0. The van der Waals surface area contributed by atoms with Gasteiger partial charge in [-0.05, 0) is 12.8 Å². The van der Waals surface area contributed by atoms with Gasteiger partial charge < -0.3 is 19.8 Å². The van der Waals surface area contributed by atoms with Crippen molar-refractivity contribution in [3.8, 4) is 0 Å². The number of hydrogen-bond acceptors (Lipinski definition) is 6. The Kier molecular flexibility index (Phi) is 19.1. The first-order valence-electron chi connectivity index (χ1n) is 8.52. The second-order valence-electron chi connectivity index (χ2n) is 6.28. The third-order valence-corrected chi connectivity index (χ3v) is 5.61. The maximum absolute atomic E-state index is 11.8. The summed E-state index contributed by atoms with van der Waals surface area (Å²) in [7, 11) is -5.14. The van der Waals surface area contributed by atoms with Gasteiger partial charge in [0.15, 0.2) is 0 Å². The van der Waals surface area contributed by atoms with E-state index in [1.807, 2.05) is 13.8 Å². The molecule has 1 N–H and O–H groups in total. The van der Waals surface area contributed by atoms with E-state index in [0.29, 0.717) is 25.7 Å². The smallest absolute Gasteiger partial charge is 0.549 e. The molecule has 0 radical (unpaired) electrons. The van der Waals surface area contributed by atoms with Crippen LogP contribution in [0.3, 0.4) is 0 Å². The molecule has 142 valence electrons. The Morgan fingerprint density at radius 2 is 1.27 bits per heavy atom. The molecular formula is C16H28Na2O7S. The third-order valence-electron chi connectivity index (χ3n) is 4.37. The Balaban J connectivity index is -0.00000264. The molecule has 0 saturated carbocycles. The fraction of sp³-hybridized carbons (Fsp3) is 0.875. The van der Waals surface area contributed by atoms with Crippen molar-refractivity contribution in [1.29, 1.82) is 0 Å². The number of aliphatic carboxylic acids is 2. The van der Waals surface area contributed by atoms with Crippen LogP contribution < -0.4 is 69.3 Å². The second kappa shape index (κ2) is 15.7. The predicted molar refractivity (Wildman–Crippen MR) is 85.3 cm³/mol. The van der Waals surface area contributed by atoms with E-state index < -0.39 is 32.7 Å². The zero-order valence-electron chi connectivity index (χ0n) is 16.5. The van der Waals surface area contributed by atoms with E-state index >= 15 is 0 Å². The molecule has 0 aliphatic rings. The van der Waals surface area contributed by atoms with E-state index in [1.165, 1.54) is 0 Å². The van der Waals surface area contributed by atoms with Crippen molar-refractivity contribution >= 4 is 22.1 Å². The van der Waals surface area contributed by atoms with Gasteiger partial charge in [0.25, 0.3) is 10.1 Å². The summed E-state index contributed by atoms with van der Waals surface area (Å²) in [6.45, 7) is 3.91. The zero-order chi connectivity index (χ0) is 18.8. The average molecular weight is 410 g/mol. The Bertz CT molecular complexity index is 497. The van der Waals surface area contributed by atoms with Crippen molar-refractivity contribution in [2.75, 3.05) is 0 Å². The number of unbranched alkanes of at least 4 members (excludes halogenated alkanes) is 6. The summed E-state index contributed by atoms with van der Waals surface area (Å²) in [6, 6.07) is 0. The Morgan fingerprint density at radius 3 is 1.50 bits per heavy atom. The van der Waals surface area contributed by atoms with Crippen LogP contribution in [-0.2, 0) is 19.7 Å². The first-order chi connectivity index (χ1) is 11.1. The SMILES string of the molecule is CCCCCCC(CCCCCC)(C(=O)[O-])C(C(=O)[O-])S(=O)(=O)O.[Na+].[Na+]. The van der Waals surface area contributed by atoms with Crippen molar-refractivity contribution in [1.82, 2.24) is 0 Å². The number of rotatable bonds is 14. The number of carboxylic acids is 2. The van der Waals surface area contributed by atoms with Gasteiger partial charge in [-0.1, -0.05) is 65.2 Å². The van der Waals surface area contributed by atoms with Crippen LogP contribution in [0.1, 0.15) is 78.1 Å². The van der Waals surface area contributed by atoms with Crippen molar-refractivity contribution in [3.05, 3.63) is 0 Å². The molecule has 0 aliphatic carbocycles. The van der Waals surface area contributed by atoms with E-state index in [-0.39, 0.29) is 72.0 Å². The average Bonchev–Trinajstić information content (AvgIpc) is 2.45. The minimum Gasteiger partial charge on any atom is -0.549 e. The number of carbonyl (C=O) groups excluding carboxylic acids is 2. The monoisotopic (exact) mass is 410 g/mol. The molecule has 0 fully saturated rings. The molecule has 0 saturated heterocycles. The quantitative estimate of drug-likeness (QED) is 0.172. The molecule has 10 heteroatoms. The molecular weight excluding hydrogens is 382 g/mol. The first kappa shape index (κ1) is 31.5. The maximum Gasteiger partial charge on any atom is 1.00 e. The van der Waals surface area contributed by atoms with Crippen LogP contribution in [0.2, 0.25) is 0 Å². The van der Waals surface area contributed by atoms with Gasteiger partial charge >= 0.3 is 59.1 Å². The molecule has 0 aromatic rings. The van der Waals surface area contributed by atoms with Gasteiger partial charge in [0.05, 0.1) is 5.97 Å². The van der Waals surface area contributed by atoms with Crippen LogP contribution in [0.25, 0.3) is 0 Å². The topological polar surface area (TPSA) is 135 Å². The molecule has 0 aromatic heterocycles. The summed E-state index contributed by atoms with van der Waals surface area (Å²) in [5.41, 5.74) is -2.17. The molecule has 0 spiro atoms. The van der Waals surface area contributed by atoms with Crippen LogP contribution >= 0.6 is 0 Å². The molecule has 0 heterocycles. The van der Waals surface area contributed by atoms with Gasteiger partial charge in [0.1, 0.15) is 5.25 Å². The summed E-state index contributed by atoms with van der Waals surface area (Å²) in [4.78, 5) is 23.1. The van der Waals surface area contributed by atoms with E-state index in [2.05, 4.69) is 0 Å². The van der Waals surface area contributed by atoms with Crippen molar-refractivity contribution in [2.45, 2.75) is 83.3 Å². The van der Waals surface area contributed by atoms with Crippen LogP contribution in [0, 0.1) is 5.41 Å². The molecule has 0 amide bonds. The summed E-state index contributed by atoms with van der Waals surface area (Å²) in [6.07, 6.45) is 5.02. The number of hydrogen-bond donors (Lipinski definition) is 1. The molecule has 1 atom stereocenters. The van der Waals surface area contributed by atoms with Gasteiger partial charge in [-0.15, -0.1) is 0 Å². The van der Waals surface area contributed by atoms with Crippen molar-refractivity contribution in [2.24, 2.45) is 5.41 Å². The van der Waals surface area contributed by atoms with E-state index in [1.54, 1.807) is 0 Å². The number of carboxylic acid groups (broad SMARTS) is 2. The second-order valence-corrected chi connectivity index (χ2v) is 7.78. The Morgan fingerprint density at radius 1 is 0.885 bits per heavy atom. The normalized spacial score (nSPS) is 12.6. The van der Waals surface area contributed by atoms with E-state index in [4.69, 9.17) is 0 Å². The van der Waals surface area contributed by atoms with E-state index in [9.17, 15) is 32.8 Å². The largest absolute Gasteiger partial charge is 1.00 e. The standard InChI is InChI=1S/C16H30O7S.2Na/c1-3-5-7-9-11-16(15(19)20,12-10-8-6-4-2)13(14(17)18)24(21,22)23;;/h13H,3-12H2,1-2H3,(H,17,18)(H,19,20)(H,21,22,23);;/q;2*+1/p-2. The predicted octanol–water partition coefficient (Wildman–Crippen LogP) is -5.32. The van der Waals surface area contributed by atoms with E-state index in [0.717, 1.165) is 25.7 Å². The number of carbonyl (C=O) groups is 2. The molecule has 26 heavy (non-hydrogen) atoms. The molecule has 0 rings (SSSR count). The summed E-state index contributed by atoms with van der Waals surface area (Å²) >= 11 is 0. The summed E-state index contributed by atoms with van der Waals surface area (Å²) in [5, 5.41) is 20.6. The minimum atomic E-state index is -5.14. The van der Waals surface area contributed by atoms with Crippen LogP contribution in [0.15, 0.2) is 0 Å².